The molecule has 0 aliphatic heterocycles. The summed E-state index contributed by atoms with van der Waals surface area (Å²) in [5.74, 6) is 0.0347. The molecule has 0 heterocycles. The van der Waals surface area contributed by atoms with E-state index >= 15 is 0 Å². The third kappa shape index (κ3) is 3.07. The Morgan fingerprint density at radius 2 is 1.19 bits per heavy atom. The van der Waals surface area contributed by atoms with Gasteiger partial charge in [0.15, 0.2) is 0 Å². The highest BCUT2D eigenvalue weighted by molar-refractivity contribution is 5.80. The molecule has 2 nitrogen and oxygen atoms in total. The predicted octanol–water partition coefficient (Wildman–Crippen LogP) is 6.67. The molecule has 0 N–H and O–H groups in total. The van der Waals surface area contributed by atoms with Gasteiger partial charge in [-0.3, -0.25) is 4.79 Å². The smallest absolute Gasteiger partial charge is 0.293 e. The molecule has 0 amide bonds. The molecule has 0 saturated heterocycles. The van der Waals surface area contributed by atoms with Crippen LogP contribution >= 0.6 is 0 Å². The van der Waals surface area contributed by atoms with Crippen LogP contribution in [0.25, 0.3) is 11.1 Å². The predicted molar refractivity (Wildman–Crippen MR) is 124 cm³/mol. The van der Waals surface area contributed by atoms with Crippen molar-refractivity contribution in [3.05, 3.63) is 131 Å². The summed E-state index contributed by atoms with van der Waals surface area (Å²) >= 11 is 0. The fourth-order valence-electron chi connectivity index (χ4n) is 5.32. The second-order valence-electron chi connectivity index (χ2n) is 8.28. The molecule has 1 aliphatic carbocycles. The molecule has 5 rings (SSSR count). The van der Waals surface area contributed by atoms with Gasteiger partial charge in [-0.15, -0.1) is 0 Å². The number of fused-ring (bicyclic) bond motifs is 3. The van der Waals surface area contributed by atoms with Gasteiger partial charge in [-0.2, -0.15) is 0 Å². The SMILES string of the molecule is CC(c1ccccc1)(C(OC=O)c1ccccc1)C1c2ccccc2-c2ccccc21. The van der Waals surface area contributed by atoms with E-state index in [1.54, 1.807) is 0 Å². The Labute approximate surface area is 183 Å². The molecule has 0 spiro atoms. The molecule has 0 radical (unpaired) electrons. The lowest BCUT2D eigenvalue weighted by molar-refractivity contribution is -0.138. The lowest BCUT2D eigenvalue weighted by Gasteiger charge is -2.43. The number of hydrogen-bond donors (Lipinski definition) is 0. The van der Waals surface area contributed by atoms with Crippen LogP contribution in [0.4, 0.5) is 0 Å². The lowest BCUT2D eigenvalue weighted by atomic mass is 9.63. The zero-order valence-corrected chi connectivity index (χ0v) is 17.4. The van der Waals surface area contributed by atoms with E-state index in [1.165, 1.54) is 22.3 Å². The van der Waals surface area contributed by atoms with Crippen LogP contribution in [0.2, 0.25) is 0 Å². The maximum atomic E-state index is 11.8. The number of carbonyl (C=O) groups excluding carboxylic acids is 1. The number of carbonyl (C=O) groups is 1. The molecule has 0 bridgehead atoms. The highest BCUT2D eigenvalue weighted by Crippen LogP contribution is 2.58. The quantitative estimate of drug-likeness (QED) is 0.335. The third-order valence-electron chi connectivity index (χ3n) is 6.67. The van der Waals surface area contributed by atoms with Crippen LogP contribution in [-0.4, -0.2) is 6.47 Å². The van der Waals surface area contributed by atoms with Gasteiger partial charge in [-0.1, -0.05) is 116 Å². The van der Waals surface area contributed by atoms with Gasteiger partial charge in [-0.05, 0) is 33.4 Å². The number of rotatable bonds is 6. The van der Waals surface area contributed by atoms with E-state index in [2.05, 4.69) is 79.7 Å². The van der Waals surface area contributed by atoms with Crippen LogP contribution in [0.5, 0.6) is 0 Å². The van der Waals surface area contributed by atoms with Crippen LogP contribution in [0.3, 0.4) is 0 Å². The molecule has 0 aromatic heterocycles. The van der Waals surface area contributed by atoms with Crippen molar-refractivity contribution in [3.8, 4) is 11.1 Å². The van der Waals surface area contributed by atoms with Crippen molar-refractivity contribution in [2.24, 2.45) is 0 Å². The summed E-state index contributed by atoms with van der Waals surface area (Å²) < 4.78 is 5.91. The van der Waals surface area contributed by atoms with Crippen molar-refractivity contribution in [1.29, 1.82) is 0 Å². The molecule has 31 heavy (non-hydrogen) atoms. The van der Waals surface area contributed by atoms with Gasteiger partial charge in [-0.25, -0.2) is 0 Å². The maximum Gasteiger partial charge on any atom is 0.293 e. The van der Waals surface area contributed by atoms with Crippen molar-refractivity contribution < 1.29 is 9.53 Å². The Bertz CT molecular complexity index is 1150. The van der Waals surface area contributed by atoms with E-state index in [4.69, 9.17) is 4.74 Å². The van der Waals surface area contributed by atoms with Crippen molar-refractivity contribution in [2.75, 3.05) is 0 Å². The summed E-state index contributed by atoms with van der Waals surface area (Å²) in [6.07, 6.45) is -0.446. The highest BCUT2D eigenvalue weighted by atomic mass is 16.5. The number of hydrogen-bond acceptors (Lipinski definition) is 2. The van der Waals surface area contributed by atoms with Crippen molar-refractivity contribution in [3.63, 3.8) is 0 Å². The average Bonchev–Trinajstić information content (AvgIpc) is 3.18. The largest absolute Gasteiger partial charge is 0.459 e. The van der Waals surface area contributed by atoms with Gasteiger partial charge < -0.3 is 4.74 Å². The molecule has 1 aliphatic rings. The van der Waals surface area contributed by atoms with Gasteiger partial charge >= 0.3 is 0 Å². The Balaban J connectivity index is 1.81. The minimum Gasteiger partial charge on any atom is -0.459 e. The Kier molecular flexibility index (Phi) is 4.91. The first-order valence-corrected chi connectivity index (χ1v) is 10.6. The van der Waals surface area contributed by atoms with Crippen molar-refractivity contribution in [2.45, 2.75) is 24.4 Å². The van der Waals surface area contributed by atoms with E-state index in [0.29, 0.717) is 6.47 Å². The Hall–Kier alpha value is -3.65. The molecule has 2 atom stereocenters. The molecule has 0 saturated carbocycles. The highest BCUT2D eigenvalue weighted by Gasteiger charge is 2.49. The van der Waals surface area contributed by atoms with Crippen molar-refractivity contribution >= 4 is 6.47 Å². The van der Waals surface area contributed by atoms with Gasteiger partial charge in [0.25, 0.3) is 6.47 Å². The summed E-state index contributed by atoms with van der Waals surface area (Å²) in [4.78, 5) is 11.8. The molecule has 4 aromatic rings. The second kappa shape index (κ2) is 7.88. The first-order valence-electron chi connectivity index (χ1n) is 10.6. The fourth-order valence-corrected chi connectivity index (χ4v) is 5.32. The zero-order chi connectivity index (χ0) is 21.3. The van der Waals surface area contributed by atoms with E-state index < -0.39 is 11.5 Å². The molecule has 2 unspecified atom stereocenters. The van der Waals surface area contributed by atoms with Gasteiger partial charge in [0.05, 0.1) is 0 Å². The summed E-state index contributed by atoms with van der Waals surface area (Å²) in [6, 6.07) is 37.7. The minimum atomic E-state index is -0.522. The minimum absolute atomic E-state index is 0.0347. The molecular formula is C29H24O2. The van der Waals surface area contributed by atoms with Crippen LogP contribution in [0.15, 0.2) is 109 Å². The topological polar surface area (TPSA) is 26.3 Å². The molecule has 0 fully saturated rings. The first kappa shape index (κ1) is 19.3. The van der Waals surface area contributed by atoms with E-state index in [9.17, 15) is 4.79 Å². The molecular weight excluding hydrogens is 380 g/mol. The summed E-state index contributed by atoms with van der Waals surface area (Å²) in [7, 11) is 0. The van der Waals surface area contributed by atoms with Gasteiger partial charge in [0.1, 0.15) is 6.10 Å². The van der Waals surface area contributed by atoms with Crippen LogP contribution in [-0.2, 0) is 14.9 Å². The second-order valence-corrected chi connectivity index (χ2v) is 8.28. The van der Waals surface area contributed by atoms with Crippen LogP contribution in [0.1, 0.15) is 41.2 Å². The van der Waals surface area contributed by atoms with Crippen molar-refractivity contribution in [1.82, 2.24) is 0 Å². The van der Waals surface area contributed by atoms with E-state index in [1.807, 2.05) is 36.4 Å². The summed E-state index contributed by atoms with van der Waals surface area (Å²) in [5, 5.41) is 0. The van der Waals surface area contributed by atoms with Gasteiger partial charge in [0, 0.05) is 11.3 Å². The maximum absolute atomic E-state index is 11.8. The van der Waals surface area contributed by atoms with Crippen LogP contribution in [0, 0.1) is 0 Å². The first-order chi connectivity index (χ1) is 15.2. The van der Waals surface area contributed by atoms with E-state index in [0.717, 1.165) is 11.1 Å². The molecule has 152 valence electrons. The number of ether oxygens (including phenoxy) is 1. The monoisotopic (exact) mass is 404 g/mol. The Morgan fingerprint density at radius 1 is 0.710 bits per heavy atom. The fraction of sp³-hybridized carbons (Fsp3) is 0.138. The number of benzene rings is 4. The zero-order valence-electron chi connectivity index (χ0n) is 17.4. The van der Waals surface area contributed by atoms with Gasteiger partial charge in [0.2, 0.25) is 0 Å². The molecule has 2 heteroatoms. The average molecular weight is 405 g/mol. The lowest BCUT2D eigenvalue weighted by Crippen LogP contribution is -2.38. The normalized spacial score (nSPS) is 15.4. The summed E-state index contributed by atoms with van der Waals surface area (Å²) in [5.41, 5.74) is 6.65. The summed E-state index contributed by atoms with van der Waals surface area (Å²) in [6.45, 7) is 2.82. The van der Waals surface area contributed by atoms with Crippen LogP contribution < -0.4 is 0 Å². The van der Waals surface area contributed by atoms with E-state index in [-0.39, 0.29) is 5.92 Å². The third-order valence-corrected chi connectivity index (χ3v) is 6.67. The Morgan fingerprint density at radius 3 is 1.74 bits per heavy atom. The molecule has 4 aromatic carbocycles. The standard InChI is InChI=1S/C29H24O2/c1-29(22-14-6-3-7-15-22,28(31-20-30)21-12-4-2-5-13-21)27-25-18-10-8-16-23(25)24-17-9-11-19-26(24)27/h2-20,27-28H,1H3.